The maximum atomic E-state index is 11.4. The molecule has 2 aliphatic carbocycles. The lowest BCUT2D eigenvalue weighted by Crippen LogP contribution is -2.38. The van der Waals surface area contributed by atoms with E-state index in [0.29, 0.717) is 6.04 Å². The molecule has 2 fully saturated rings. The molecule has 2 saturated carbocycles. The number of fused-ring (bicyclic) bond motifs is 1. The minimum Gasteiger partial charge on any atom is -0.393 e. The molecule has 0 aliphatic heterocycles. The fraction of sp³-hybridized carbons (Fsp3) is 0.800. The summed E-state index contributed by atoms with van der Waals surface area (Å²) < 4.78 is 0. The highest BCUT2D eigenvalue weighted by atomic mass is 32.1. The summed E-state index contributed by atoms with van der Waals surface area (Å²) in [5, 5.41) is 3.00. The first-order valence-electron chi connectivity index (χ1n) is 5.23. The van der Waals surface area contributed by atoms with Gasteiger partial charge in [0, 0.05) is 6.04 Å². The second-order valence-electron chi connectivity index (χ2n) is 4.48. The predicted molar refractivity (Wildman–Crippen MR) is 58.8 cm³/mol. The second-order valence-corrected chi connectivity index (χ2v) is 5.00. The quantitative estimate of drug-likeness (QED) is 0.685. The van der Waals surface area contributed by atoms with Gasteiger partial charge in [-0.3, -0.25) is 4.79 Å². The van der Waals surface area contributed by atoms with Crippen LogP contribution in [-0.4, -0.2) is 16.9 Å². The zero-order chi connectivity index (χ0) is 10.1. The van der Waals surface area contributed by atoms with Crippen LogP contribution in [0.1, 0.15) is 32.1 Å². The number of nitrogens with one attached hydrogen (secondary N) is 1. The zero-order valence-corrected chi connectivity index (χ0v) is 8.98. The lowest BCUT2D eigenvalue weighted by molar-refractivity contribution is -0.120. The van der Waals surface area contributed by atoms with Crippen LogP contribution < -0.4 is 11.1 Å². The van der Waals surface area contributed by atoms with Gasteiger partial charge < -0.3 is 11.1 Å². The van der Waals surface area contributed by atoms with Crippen LogP contribution in [0, 0.1) is 11.8 Å². The van der Waals surface area contributed by atoms with E-state index in [1.807, 2.05) is 0 Å². The third kappa shape index (κ3) is 2.44. The van der Waals surface area contributed by atoms with E-state index in [9.17, 15) is 4.79 Å². The first-order chi connectivity index (χ1) is 6.65. The van der Waals surface area contributed by atoms with Gasteiger partial charge >= 0.3 is 0 Å². The number of thiocarbonyl (C=S) groups is 1. The summed E-state index contributed by atoms with van der Waals surface area (Å²) in [6, 6.07) is 0.376. The molecule has 0 radical (unpaired) electrons. The average Bonchev–Trinajstić information content (AvgIpc) is 2.79. The smallest absolute Gasteiger partial charge is 0.227 e. The summed E-state index contributed by atoms with van der Waals surface area (Å²) in [5.41, 5.74) is 5.30. The molecule has 78 valence electrons. The Hall–Kier alpha value is -0.640. The Kier molecular flexibility index (Phi) is 2.72. The third-order valence-electron chi connectivity index (χ3n) is 3.24. The third-order valence-corrected chi connectivity index (χ3v) is 3.39. The number of nitrogens with two attached hydrogens (primary N) is 1. The highest BCUT2D eigenvalue weighted by Crippen LogP contribution is 2.49. The van der Waals surface area contributed by atoms with E-state index < -0.39 is 0 Å². The average molecular weight is 212 g/mol. The molecule has 1 amide bonds. The molecule has 4 heteroatoms. The number of hydrogen-bond donors (Lipinski definition) is 2. The summed E-state index contributed by atoms with van der Waals surface area (Å²) in [6.45, 7) is 0. The van der Waals surface area contributed by atoms with Crippen molar-refractivity contribution in [2.75, 3.05) is 0 Å². The molecule has 3 atom stereocenters. The summed E-state index contributed by atoms with van der Waals surface area (Å²) in [7, 11) is 0. The van der Waals surface area contributed by atoms with Gasteiger partial charge in [0.15, 0.2) is 0 Å². The van der Waals surface area contributed by atoms with Crippen LogP contribution >= 0.6 is 12.2 Å². The van der Waals surface area contributed by atoms with Crippen molar-refractivity contribution in [1.82, 2.24) is 5.32 Å². The molecule has 0 bridgehead atoms. The van der Waals surface area contributed by atoms with Crippen molar-refractivity contribution in [3.63, 3.8) is 0 Å². The van der Waals surface area contributed by atoms with Crippen molar-refractivity contribution in [3.05, 3.63) is 0 Å². The molecule has 0 aromatic heterocycles. The number of rotatable bonds is 3. The van der Waals surface area contributed by atoms with E-state index in [1.165, 1.54) is 12.8 Å². The molecule has 3 N–H and O–H groups in total. The van der Waals surface area contributed by atoms with Gasteiger partial charge in [0.1, 0.15) is 0 Å². The fourth-order valence-electron chi connectivity index (χ4n) is 2.42. The minimum atomic E-state index is -0.0124. The molecular weight excluding hydrogens is 196 g/mol. The Balaban J connectivity index is 1.73. The lowest BCUT2D eigenvalue weighted by Gasteiger charge is -2.22. The van der Waals surface area contributed by atoms with Crippen molar-refractivity contribution >= 4 is 23.1 Å². The Morgan fingerprint density at radius 3 is 2.79 bits per heavy atom. The fourth-order valence-corrected chi connectivity index (χ4v) is 2.55. The van der Waals surface area contributed by atoms with E-state index in [2.05, 4.69) is 17.5 Å². The molecule has 0 spiro atoms. The van der Waals surface area contributed by atoms with Crippen LogP contribution in [0.2, 0.25) is 0 Å². The molecule has 2 rings (SSSR count). The van der Waals surface area contributed by atoms with Crippen molar-refractivity contribution in [2.45, 2.75) is 38.1 Å². The SMILES string of the molecule is NC(=S)CC(=O)NC1CCC2CC2C1. The summed E-state index contributed by atoms with van der Waals surface area (Å²) in [4.78, 5) is 11.6. The Labute approximate surface area is 89.4 Å². The molecule has 3 unspecified atom stereocenters. The van der Waals surface area contributed by atoms with E-state index in [0.717, 1.165) is 24.7 Å². The molecule has 0 heterocycles. The topological polar surface area (TPSA) is 55.1 Å². The minimum absolute atomic E-state index is 0.0124. The number of carbonyl (C=O) groups excluding carboxylic acids is 1. The number of carbonyl (C=O) groups is 1. The van der Waals surface area contributed by atoms with Crippen LogP contribution in [0.25, 0.3) is 0 Å². The molecular formula is C10H16N2OS. The molecule has 0 aromatic rings. The van der Waals surface area contributed by atoms with Gasteiger partial charge in [-0.1, -0.05) is 12.2 Å². The van der Waals surface area contributed by atoms with Gasteiger partial charge in [0.2, 0.25) is 5.91 Å². The van der Waals surface area contributed by atoms with Crippen LogP contribution in [0.5, 0.6) is 0 Å². The van der Waals surface area contributed by atoms with E-state index >= 15 is 0 Å². The highest BCUT2D eigenvalue weighted by molar-refractivity contribution is 7.80. The summed E-state index contributed by atoms with van der Waals surface area (Å²) >= 11 is 4.69. The predicted octanol–water partition coefficient (Wildman–Crippen LogP) is 0.967. The Bertz CT molecular complexity index is 267. The zero-order valence-electron chi connectivity index (χ0n) is 8.16. The van der Waals surface area contributed by atoms with E-state index in [-0.39, 0.29) is 17.3 Å². The summed E-state index contributed by atoms with van der Waals surface area (Å²) in [6.07, 6.45) is 5.14. The van der Waals surface area contributed by atoms with Crippen LogP contribution in [0.3, 0.4) is 0 Å². The lowest BCUT2D eigenvalue weighted by atomic mass is 9.95. The number of amides is 1. The maximum Gasteiger partial charge on any atom is 0.227 e. The molecule has 0 saturated heterocycles. The molecule has 0 aromatic carbocycles. The molecule has 3 nitrogen and oxygen atoms in total. The normalized spacial score (nSPS) is 34.4. The highest BCUT2D eigenvalue weighted by Gasteiger charge is 2.42. The van der Waals surface area contributed by atoms with Gasteiger partial charge in [-0.25, -0.2) is 0 Å². The van der Waals surface area contributed by atoms with Crippen molar-refractivity contribution in [1.29, 1.82) is 0 Å². The monoisotopic (exact) mass is 212 g/mol. The van der Waals surface area contributed by atoms with Crippen molar-refractivity contribution in [2.24, 2.45) is 17.6 Å². The Morgan fingerprint density at radius 2 is 2.14 bits per heavy atom. The van der Waals surface area contributed by atoms with Gasteiger partial charge in [0.05, 0.1) is 11.4 Å². The standard InChI is InChI=1S/C10H16N2OS/c11-9(14)5-10(13)12-8-2-1-6-3-7(6)4-8/h6-8H,1-5H2,(H2,11,14)(H,12,13). The van der Waals surface area contributed by atoms with Gasteiger partial charge in [0.25, 0.3) is 0 Å². The molecule has 14 heavy (non-hydrogen) atoms. The van der Waals surface area contributed by atoms with Gasteiger partial charge in [-0.05, 0) is 37.5 Å². The van der Waals surface area contributed by atoms with Crippen LogP contribution in [0.15, 0.2) is 0 Å². The molecule has 2 aliphatic rings. The van der Waals surface area contributed by atoms with Gasteiger partial charge in [-0.15, -0.1) is 0 Å². The first kappa shape index (κ1) is 9.90. The van der Waals surface area contributed by atoms with Gasteiger partial charge in [-0.2, -0.15) is 0 Å². The van der Waals surface area contributed by atoms with Crippen LogP contribution in [0.4, 0.5) is 0 Å². The van der Waals surface area contributed by atoms with Crippen molar-refractivity contribution < 1.29 is 4.79 Å². The van der Waals surface area contributed by atoms with E-state index in [4.69, 9.17) is 5.73 Å². The summed E-state index contributed by atoms with van der Waals surface area (Å²) in [5.74, 6) is 1.85. The Morgan fingerprint density at radius 1 is 1.36 bits per heavy atom. The maximum absolute atomic E-state index is 11.4. The number of hydrogen-bond acceptors (Lipinski definition) is 2. The largest absolute Gasteiger partial charge is 0.393 e. The van der Waals surface area contributed by atoms with Crippen LogP contribution in [-0.2, 0) is 4.79 Å². The van der Waals surface area contributed by atoms with E-state index in [1.54, 1.807) is 0 Å². The second kappa shape index (κ2) is 3.85. The first-order valence-corrected chi connectivity index (χ1v) is 5.63. The van der Waals surface area contributed by atoms with Crippen molar-refractivity contribution in [3.8, 4) is 0 Å².